The van der Waals surface area contributed by atoms with Gasteiger partial charge in [-0.1, -0.05) is 140 Å². The van der Waals surface area contributed by atoms with Gasteiger partial charge in [0.25, 0.3) is 0 Å². The van der Waals surface area contributed by atoms with Crippen molar-refractivity contribution in [3.8, 4) is 33.6 Å². The van der Waals surface area contributed by atoms with Crippen LogP contribution in [0, 0.1) is 0 Å². The molecule has 0 radical (unpaired) electrons. The van der Waals surface area contributed by atoms with Gasteiger partial charge in [0.05, 0.1) is 27.8 Å². The first-order chi connectivity index (χ1) is 27.8. The van der Waals surface area contributed by atoms with E-state index < -0.39 is 0 Å². The molecule has 8 aromatic carbocycles. The van der Waals surface area contributed by atoms with E-state index in [0.29, 0.717) is 5.84 Å². The van der Waals surface area contributed by atoms with Gasteiger partial charge in [-0.25, -0.2) is 9.98 Å². The van der Waals surface area contributed by atoms with Crippen LogP contribution in [0.4, 0.5) is 0 Å². The first kappa shape index (κ1) is 30.9. The van der Waals surface area contributed by atoms with Crippen LogP contribution in [-0.4, -0.2) is 20.8 Å². The van der Waals surface area contributed by atoms with Gasteiger partial charge in [0.1, 0.15) is 12.0 Å². The van der Waals surface area contributed by atoms with E-state index in [1.54, 1.807) is 0 Å². The van der Waals surface area contributed by atoms with Gasteiger partial charge in [-0.3, -0.25) is 0 Å². The zero-order valence-electron chi connectivity index (χ0n) is 30.3. The van der Waals surface area contributed by atoms with E-state index in [1.807, 2.05) is 24.3 Å². The topological polar surface area (TPSA) is 46.6 Å². The highest BCUT2D eigenvalue weighted by atomic mass is 15.2. The van der Waals surface area contributed by atoms with Crippen molar-refractivity contribution in [1.29, 1.82) is 0 Å². The van der Waals surface area contributed by atoms with Crippen molar-refractivity contribution < 1.29 is 0 Å². The highest BCUT2D eigenvalue weighted by Gasteiger charge is 2.28. The second kappa shape index (κ2) is 12.0. The molecule has 0 spiro atoms. The average molecular weight is 716 g/mol. The zero-order chi connectivity index (χ0) is 36.7. The van der Waals surface area contributed by atoms with E-state index in [1.165, 1.54) is 71.6 Å². The summed E-state index contributed by atoms with van der Waals surface area (Å²) < 4.78 is 4.89. The second-order valence-electron chi connectivity index (χ2n) is 14.6. The molecule has 56 heavy (non-hydrogen) atoms. The molecule has 0 saturated carbocycles. The number of nitrogens with zero attached hydrogens (tertiary/aromatic N) is 4. The molecule has 2 aliphatic heterocycles. The van der Waals surface area contributed by atoms with Crippen LogP contribution >= 0.6 is 0 Å². The summed E-state index contributed by atoms with van der Waals surface area (Å²) in [5.41, 5.74) is 15.2. The highest BCUT2D eigenvalue weighted by Crippen LogP contribution is 2.50. The lowest BCUT2D eigenvalue weighted by atomic mass is 9.90. The quantitative estimate of drug-likeness (QED) is 0.194. The third kappa shape index (κ3) is 4.49. The van der Waals surface area contributed by atoms with E-state index in [4.69, 9.17) is 9.98 Å². The van der Waals surface area contributed by atoms with Gasteiger partial charge in [0.15, 0.2) is 5.84 Å². The van der Waals surface area contributed by atoms with Crippen LogP contribution < -0.4 is 5.32 Å². The SMILES string of the molecule is c1ccc(C2=NC(c3ccc(-n4c5ccccc5c5c6c(ccc54)-c4cccc5c7ccccc7n(c45)-c4ccccc4-6)cc3)=NC(c3ccccc3)N2)cc1. The summed E-state index contributed by atoms with van der Waals surface area (Å²) in [7, 11) is 0. The standard InChI is InChI=1S/C51H33N5/c1-3-14-32(15-4-1)49-52-50(33-16-5-2-6-17-33)54-51(53-49)34-26-28-35(29-27-34)55-43-24-11-9-20-41(43)47-45(55)31-30-37-39-22-13-21-38-36-18-7-10-23-42(36)56(48(38)39)44-25-12-8-19-40(44)46(37)47/h1-31,49H,(H,52,53,54). The van der Waals surface area contributed by atoms with Gasteiger partial charge in [0, 0.05) is 55.0 Å². The molecule has 262 valence electrons. The predicted octanol–water partition coefficient (Wildman–Crippen LogP) is 12.0. The molecule has 0 amide bonds. The molecule has 12 rings (SSSR count). The Morgan fingerprint density at radius 1 is 0.446 bits per heavy atom. The Hall–Kier alpha value is -7.50. The smallest absolute Gasteiger partial charge is 0.159 e. The van der Waals surface area contributed by atoms with Crippen molar-refractivity contribution in [3.05, 3.63) is 205 Å². The first-order valence-electron chi connectivity index (χ1n) is 19.1. The maximum atomic E-state index is 5.13. The zero-order valence-corrected chi connectivity index (χ0v) is 30.3. The van der Waals surface area contributed by atoms with Crippen LogP contribution in [0.1, 0.15) is 22.9 Å². The Balaban J connectivity index is 1.06. The lowest BCUT2D eigenvalue weighted by molar-refractivity contribution is 0.674. The number of fused-ring (bicyclic) bond motifs is 12. The molecule has 1 N–H and O–H groups in total. The number of amidine groups is 2. The number of para-hydroxylation sites is 4. The van der Waals surface area contributed by atoms with Gasteiger partial charge in [-0.15, -0.1) is 0 Å². The van der Waals surface area contributed by atoms with Crippen molar-refractivity contribution in [2.24, 2.45) is 9.98 Å². The molecule has 1 unspecified atom stereocenters. The Kier molecular flexibility index (Phi) is 6.63. The molecule has 2 aromatic heterocycles. The fourth-order valence-electron chi connectivity index (χ4n) is 9.10. The number of hydrogen-bond acceptors (Lipinski definition) is 3. The number of nitrogens with one attached hydrogen (secondary N) is 1. The third-order valence-electron chi connectivity index (χ3n) is 11.5. The Bertz CT molecular complexity index is 3260. The molecule has 5 nitrogen and oxygen atoms in total. The molecule has 10 aromatic rings. The van der Waals surface area contributed by atoms with Gasteiger partial charge >= 0.3 is 0 Å². The lowest BCUT2D eigenvalue weighted by Gasteiger charge is -2.23. The largest absolute Gasteiger partial charge is 0.344 e. The molecule has 0 fully saturated rings. The van der Waals surface area contributed by atoms with E-state index in [0.717, 1.165) is 28.2 Å². The summed E-state index contributed by atoms with van der Waals surface area (Å²) in [6.07, 6.45) is -0.250. The lowest BCUT2D eigenvalue weighted by Crippen LogP contribution is -2.33. The van der Waals surface area contributed by atoms with Crippen molar-refractivity contribution in [2.45, 2.75) is 6.17 Å². The molecule has 0 bridgehead atoms. The molecule has 0 saturated heterocycles. The van der Waals surface area contributed by atoms with Crippen molar-refractivity contribution in [2.75, 3.05) is 0 Å². The molecule has 5 heteroatoms. The van der Waals surface area contributed by atoms with Crippen molar-refractivity contribution in [1.82, 2.24) is 14.5 Å². The highest BCUT2D eigenvalue weighted by molar-refractivity contribution is 6.23. The average Bonchev–Trinajstić information content (AvgIpc) is 3.76. The summed E-state index contributed by atoms with van der Waals surface area (Å²) in [5, 5.41) is 8.61. The van der Waals surface area contributed by atoms with Crippen LogP contribution in [0.2, 0.25) is 0 Å². The molecule has 2 aliphatic rings. The summed E-state index contributed by atoms with van der Waals surface area (Å²) in [4.78, 5) is 10.2. The van der Waals surface area contributed by atoms with E-state index >= 15 is 0 Å². The van der Waals surface area contributed by atoms with Crippen LogP contribution in [0.5, 0.6) is 0 Å². The fraction of sp³-hybridized carbons (Fsp3) is 0.0196. The summed E-state index contributed by atoms with van der Waals surface area (Å²) >= 11 is 0. The van der Waals surface area contributed by atoms with Gasteiger partial charge in [-0.05, 0) is 59.7 Å². The second-order valence-corrected chi connectivity index (χ2v) is 14.6. The summed E-state index contributed by atoms with van der Waals surface area (Å²) in [6.45, 7) is 0. The normalized spacial score (nSPS) is 14.6. The van der Waals surface area contributed by atoms with E-state index in [9.17, 15) is 0 Å². The van der Waals surface area contributed by atoms with Crippen LogP contribution in [0.3, 0.4) is 0 Å². The minimum absolute atomic E-state index is 0.250. The van der Waals surface area contributed by atoms with E-state index in [2.05, 4.69) is 178 Å². The minimum atomic E-state index is -0.250. The molecular formula is C51H33N5. The van der Waals surface area contributed by atoms with E-state index in [-0.39, 0.29) is 6.17 Å². The Morgan fingerprint density at radius 3 is 1.93 bits per heavy atom. The van der Waals surface area contributed by atoms with Crippen LogP contribution in [-0.2, 0) is 0 Å². The number of aromatic nitrogens is 2. The number of rotatable bonds is 4. The summed E-state index contributed by atoms with van der Waals surface area (Å²) in [6, 6.07) is 67.4. The minimum Gasteiger partial charge on any atom is -0.344 e. The third-order valence-corrected chi connectivity index (χ3v) is 11.5. The van der Waals surface area contributed by atoms with Crippen molar-refractivity contribution >= 4 is 55.3 Å². The van der Waals surface area contributed by atoms with Gasteiger partial charge < -0.3 is 14.5 Å². The van der Waals surface area contributed by atoms with Crippen molar-refractivity contribution in [3.63, 3.8) is 0 Å². The maximum absolute atomic E-state index is 5.13. The molecular weight excluding hydrogens is 683 g/mol. The number of aliphatic imine (C=N–C) groups is 2. The predicted molar refractivity (Wildman–Crippen MR) is 231 cm³/mol. The Morgan fingerprint density at radius 2 is 1.11 bits per heavy atom. The van der Waals surface area contributed by atoms with Crippen LogP contribution in [0.15, 0.2) is 198 Å². The first-order valence-corrected chi connectivity index (χ1v) is 19.1. The molecule has 1 atom stereocenters. The van der Waals surface area contributed by atoms with Gasteiger partial charge in [-0.2, -0.15) is 0 Å². The van der Waals surface area contributed by atoms with Gasteiger partial charge in [0.2, 0.25) is 0 Å². The van der Waals surface area contributed by atoms with Crippen LogP contribution in [0.25, 0.3) is 77.2 Å². The maximum Gasteiger partial charge on any atom is 0.159 e. The fourth-order valence-corrected chi connectivity index (χ4v) is 9.10. The molecule has 4 heterocycles. The molecule has 0 aliphatic carbocycles. The monoisotopic (exact) mass is 715 g/mol. The Labute approximate surface area is 323 Å². The summed E-state index contributed by atoms with van der Waals surface area (Å²) in [5.74, 6) is 1.52. The number of benzene rings is 8. The number of hydrogen-bond donors (Lipinski definition) is 1.